The molecule has 2 amide bonds. The van der Waals surface area contributed by atoms with Gasteiger partial charge in [0.1, 0.15) is 0 Å². The molecule has 0 saturated carbocycles. The van der Waals surface area contributed by atoms with E-state index in [0.29, 0.717) is 13.0 Å². The second kappa shape index (κ2) is 6.62. The summed E-state index contributed by atoms with van der Waals surface area (Å²) in [6.45, 7) is 0.683. The summed E-state index contributed by atoms with van der Waals surface area (Å²) >= 11 is 0. The quantitative estimate of drug-likeness (QED) is 0.899. The number of nitrogens with two attached hydrogens (primary N) is 1. The van der Waals surface area contributed by atoms with Crippen LogP contribution in [0.5, 0.6) is 0 Å². The lowest BCUT2D eigenvalue weighted by Gasteiger charge is -2.34. The summed E-state index contributed by atoms with van der Waals surface area (Å²) in [5.41, 5.74) is 8.53. The van der Waals surface area contributed by atoms with Gasteiger partial charge in [-0.15, -0.1) is 0 Å². The van der Waals surface area contributed by atoms with Crippen LogP contribution in [0, 0.1) is 0 Å². The number of para-hydroxylation sites is 1. The van der Waals surface area contributed by atoms with Gasteiger partial charge in [0, 0.05) is 12.2 Å². The average Bonchev–Trinajstić information content (AvgIpc) is 2.55. The zero-order valence-corrected chi connectivity index (χ0v) is 12.7. The first-order chi connectivity index (χ1) is 11.1. The Bertz CT molecular complexity index is 715. The molecule has 23 heavy (non-hydrogen) atoms. The lowest BCUT2D eigenvalue weighted by molar-refractivity contribution is -0.125. The Morgan fingerprint density at radius 3 is 2.39 bits per heavy atom. The van der Waals surface area contributed by atoms with Gasteiger partial charge < -0.3 is 11.1 Å². The Hall–Kier alpha value is -2.66. The number of nitrogens with one attached hydrogen (secondary N) is 1. The van der Waals surface area contributed by atoms with Crippen molar-refractivity contribution in [3.05, 3.63) is 65.7 Å². The topological polar surface area (TPSA) is 75.4 Å². The van der Waals surface area contributed by atoms with Crippen LogP contribution in [0.2, 0.25) is 0 Å². The lowest BCUT2D eigenvalue weighted by Crippen LogP contribution is -2.50. The van der Waals surface area contributed by atoms with Gasteiger partial charge in [-0.25, -0.2) is 0 Å². The Balaban J connectivity index is 1.72. The minimum atomic E-state index is -0.452. The maximum absolute atomic E-state index is 12.3. The predicted octanol–water partition coefficient (Wildman–Crippen LogP) is 1.54. The summed E-state index contributed by atoms with van der Waals surface area (Å²) in [4.78, 5) is 25.9. The van der Waals surface area contributed by atoms with Gasteiger partial charge >= 0.3 is 0 Å². The van der Waals surface area contributed by atoms with Gasteiger partial charge in [-0.3, -0.25) is 14.5 Å². The van der Waals surface area contributed by atoms with E-state index in [9.17, 15) is 9.59 Å². The summed E-state index contributed by atoms with van der Waals surface area (Å²) in [7, 11) is 0. The van der Waals surface area contributed by atoms with Gasteiger partial charge in [0.2, 0.25) is 11.8 Å². The molecular formula is C18H19N3O2. The maximum atomic E-state index is 12.3. The Labute approximate surface area is 135 Å². The van der Waals surface area contributed by atoms with E-state index in [1.165, 1.54) is 0 Å². The van der Waals surface area contributed by atoms with Crippen LogP contribution < -0.4 is 11.1 Å². The highest BCUT2D eigenvalue weighted by Crippen LogP contribution is 2.23. The molecule has 0 aliphatic carbocycles. The summed E-state index contributed by atoms with van der Waals surface area (Å²) in [6.07, 6.45) is 0.546. The number of amides is 2. The fourth-order valence-electron chi connectivity index (χ4n) is 2.93. The normalized spacial score (nSPS) is 17.3. The van der Waals surface area contributed by atoms with E-state index in [1.807, 2.05) is 59.5 Å². The molecule has 1 atom stereocenters. The Morgan fingerprint density at radius 2 is 1.70 bits per heavy atom. The van der Waals surface area contributed by atoms with Gasteiger partial charge in [-0.05, 0) is 29.7 Å². The molecule has 0 radical (unpaired) electrons. The second-order valence-electron chi connectivity index (χ2n) is 5.71. The third-order valence-electron chi connectivity index (χ3n) is 4.08. The number of hydrogen-bond donors (Lipinski definition) is 2. The highest BCUT2D eigenvalue weighted by Gasteiger charge is 2.31. The van der Waals surface area contributed by atoms with E-state index in [1.54, 1.807) is 0 Å². The first-order valence-electron chi connectivity index (χ1n) is 7.58. The third-order valence-corrected chi connectivity index (χ3v) is 4.08. The molecule has 2 aromatic carbocycles. The Kier molecular flexibility index (Phi) is 4.39. The molecule has 0 bridgehead atoms. The number of carbonyl (C=O) groups is 2. The van der Waals surface area contributed by atoms with Gasteiger partial charge in [-0.2, -0.15) is 0 Å². The zero-order chi connectivity index (χ0) is 16.2. The second-order valence-corrected chi connectivity index (χ2v) is 5.71. The van der Waals surface area contributed by atoms with E-state index >= 15 is 0 Å². The van der Waals surface area contributed by atoms with Crippen LogP contribution in [0.15, 0.2) is 54.6 Å². The molecule has 0 spiro atoms. The number of carbonyl (C=O) groups excluding carboxylic acids is 2. The number of primary amides is 1. The number of fused-ring (bicyclic) bond motifs is 1. The molecule has 3 rings (SSSR count). The molecule has 0 saturated heterocycles. The van der Waals surface area contributed by atoms with E-state index in [-0.39, 0.29) is 12.5 Å². The van der Waals surface area contributed by atoms with Crippen molar-refractivity contribution in [3.8, 4) is 0 Å². The van der Waals surface area contributed by atoms with E-state index in [4.69, 9.17) is 5.73 Å². The van der Waals surface area contributed by atoms with Crippen molar-refractivity contribution in [1.29, 1.82) is 0 Å². The molecule has 0 aromatic heterocycles. The lowest BCUT2D eigenvalue weighted by atomic mass is 9.93. The summed E-state index contributed by atoms with van der Waals surface area (Å²) in [6, 6.07) is 16.8. The fraction of sp³-hybridized carbons (Fsp3) is 0.222. The fourth-order valence-corrected chi connectivity index (χ4v) is 2.93. The van der Waals surface area contributed by atoms with E-state index in [0.717, 1.165) is 16.8 Å². The zero-order valence-electron chi connectivity index (χ0n) is 12.7. The Morgan fingerprint density at radius 1 is 1.04 bits per heavy atom. The molecule has 2 aromatic rings. The minimum Gasteiger partial charge on any atom is -0.368 e. The van der Waals surface area contributed by atoms with Crippen LogP contribution in [0.4, 0.5) is 5.69 Å². The van der Waals surface area contributed by atoms with Gasteiger partial charge in [0.05, 0.1) is 12.6 Å². The minimum absolute atomic E-state index is 0.136. The van der Waals surface area contributed by atoms with Crippen molar-refractivity contribution < 1.29 is 9.59 Å². The van der Waals surface area contributed by atoms with Crippen molar-refractivity contribution in [2.75, 3.05) is 11.9 Å². The smallest absolute Gasteiger partial charge is 0.238 e. The molecular weight excluding hydrogens is 290 g/mol. The van der Waals surface area contributed by atoms with Crippen LogP contribution in [0.25, 0.3) is 0 Å². The number of anilines is 1. The van der Waals surface area contributed by atoms with Crippen LogP contribution in [-0.2, 0) is 22.6 Å². The molecule has 0 fully saturated rings. The maximum Gasteiger partial charge on any atom is 0.238 e. The van der Waals surface area contributed by atoms with Crippen molar-refractivity contribution in [3.63, 3.8) is 0 Å². The van der Waals surface area contributed by atoms with E-state index in [2.05, 4.69) is 5.32 Å². The molecule has 1 aliphatic rings. The molecule has 5 heteroatoms. The molecule has 118 valence electrons. The van der Waals surface area contributed by atoms with Crippen molar-refractivity contribution >= 4 is 17.5 Å². The van der Waals surface area contributed by atoms with Crippen LogP contribution in [-0.4, -0.2) is 29.3 Å². The number of hydrogen-bond acceptors (Lipinski definition) is 3. The monoisotopic (exact) mass is 309 g/mol. The van der Waals surface area contributed by atoms with Crippen LogP contribution >= 0.6 is 0 Å². The molecule has 1 aliphatic heterocycles. The summed E-state index contributed by atoms with van der Waals surface area (Å²) in [5, 5.41) is 2.84. The van der Waals surface area contributed by atoms with Crippen molar-refractivity contribution in [1.82, 2.24) is 4.90 Å². The van der Waals surface area contributed by atoms with Crippen molar-refractivity contribution in [2.24, 2.45) is 5.73 Å². The third kappa shape index (κ3) is 3.57. The first kappa shape index (κ1) is 15.2. The largest absolute Gasteiger partial charge is 0.368 e. The number of nitrogens with zero attached hydrogens (tertiary/aromatic N) is 1. The number of rotatable bonds is 4. The first-order valence-corrected chi connectivity index (χ1v) is 7.58. The summed E-state index contributed by atoms with van der Waals surface area (Å²) < 4.78 is 0. The predicted molar refractivity (Wildman–Crippen MR) is 88.6 cm³/mol. The molecule has 0 unspecified atom stereocenters. The SMILES string of the molecule is NC(=O)[C@@H]1Cc2ccccc2CN1CC(=O)Nc1ccccc1. The molecule has 5 nitrogen and oxygen atoms in total. The molecule has 1 heterocycles. The van der Waals surface area contributed by atoms with Gasteiger partial charge in [0.15, 0.2) is 0 Å². The highest BCUT2D eigenvalue weighted by molar-refractivity contribution is 5.92. The van der Waals surface area contributed by atoms with Gasteiger partial charge in [0.25, 0.3) is 0 Å². The highest BCUT2D eigenvalue weighted by atomic mass is 16.2. The number of benzene rings is 2. The average molecular weight is 309 g/mol. The summed E-state index contributed by atoms with van der Waals surface area (Å²) in [5.74, 6) is -0.547. The van der Waals surface area contributed by atoms with Crippen LogP contribution in [0.1, 0.15) is 11.1 Å². The van der Waals surface area contributed by atoms with E-state index < -0.39 is 11.9 Å². The van der Waals surface area contributed by atoms with Gasteiger partial charge in [-0.1, -0.05) is 42.5 Å². The van der Waals surface area contributed by atoms with Crippen molar-refractivity contribution in [2.45, 2.75) is 19.0 Å². The molecule has 3 N–H and O–H groups in total. The van der Waals surface area contributed by atoms with Crippen LogP contribution in [0.3, 0.4) is 0 Å². The standard InChI is InChI=1S/C18H19N3O2/c19-18(23)16-10-13-6-4-5-7-14(13)11-21(16)12-17(22)20-15-8-2-1-3-9-15/h1-9,16H,10-12H2,(H2,19,23)(H,20,22)/t16-/m0/s1.